The molecule has 2 aromatic rings. The van der Waals surface area contributed by atoms with Gasteiger partial charge in [-0.25, -0.2) is 17.8 Å². The van der Waals surface area contributed by atoms with Crippen molar-refractivity contribution in [2.75, 3.05) is 11.3 Å². The lowest BCUT2D eigenvalue weighted by atomic mass is 10.2. The van der Waals surface area contributed by atoms with E-state index in [1.807, 2.05) is 0 Å². The Labute approximate surface area is 126 Å². The van der Waals surface area contributed by atoms with Gasteiger partial charge in [-0.05, 0) is 25.1 Å². The second-order valence-corrected chi connectivity index (χ2v) is 7.15. The van der Waals surface area contributed by atoms with Gasteiger partial charge in [0.15, 0.2) is 4.21 Å². The first kappa shape index (κ1) is 15.4. The average Bonchev–Trinajstić information content (AvgIpc) is 2.86. The number of aryl methyl sites for hydroxylation is 1. The van der Waals surface area contributed by atoms with Crippen LogP contribution in [0.3, 0.4) is 0 Å². The fourth-order valence-electron chi connectivity index (χ4n) is 1.49. The van der Waals surface area contributed by atoms with E-state index < -0.39 is 15.8 Å². The molecule has 0 saturated heterocycles. The zero-order chi connectivity index (χ0) is 15.5. The van der Waals surface area contributed by atoms with E-state index in [4.69, 9.17) is 5.73 Å². The molecule has 0 atom stereocenters. The summed E-state index contributed by atoms with van der Waals surface area (Å²) in [4.78, 5) is 3.87. The summed E-state index contributed by atoms with van der Waals surface area (Å²) < 4.78 is 40.3. The molecular formula is C13H12FN3O2S2. The van der Waals surface area contributed by atoms with Crippen molar-refractivity contribution in [2.45, 2.75) is 11.1 Å². The van der Waals surface area contributed by atoms with Crippen LogP contribution in [0.1, 0.15) is 10.6 Å². The molecule has 0 aliphatic heterocycles. The van der Waals surface area contributed by atoms with Gasteiger partial charge in [0.1, 0.15) is 5.82 Å². The summed E-state index contributed by atoms with van der Waals surface area (Å²) in [5.74, 6) is 4.56. The smallest absolute Gasteiger partial charge is 0.273 e. The number of nitrogens with one attached hydrogen (secondary N) is 1. The second kappa shape index (κ2) is 6.22. The van der Waals surface area contributed by atoms with E-state index in [-0.39, 0.29) is 16.4 Å². The van der Waals surface area contributed by atoms with Crippen molar-refractivity contribution >= 4 is 27.0 Å². The molecule has 110 valence electrons. The number of rotatable bonds is 3. The standard InChI is InChI=1S/C13H12FN3O2S2/c1-9-16-8-13(20-9)21(18,19)17-12-5-4-10(3-2-6-15)7-11(12)14/h4-5,7-8,17H,6,15H2,1H3. The van der Waals surface area contributed by atoms with Gasteiger partial charge in [0.2, 0.25) is 0 Å². The van der Waals surface area contributed by atoms with Crippen molar-refractivity contribution in [3.8, 4) is 11.8 Å². The Bertz CT molecular complexity index is 819. The Morgan fingerprint density at radius 1 is 1.48 bits per heavy atom. The Morgan fingerprint density at radius 3 is 2.81 bits per heavy atom. The number of benzene rings is 1. The maximum atomic E-state index is 13.9. The summed E-state index contributed by atoms with van der Waals surface area (Å²) in [7, 11) is -3.83. The zero-order valence-electron chi connectivity index (χ0n) is 11.1. The van der Waals surface area contributed by atoms with E-state index in [1.165, 1.54) is 18.3 Å². The van der Waals surface area contributed by atoms with Gasteiger partial charge in [0, 0.05) is 5.56 Å². The SMILES string of the molecule is Cc1ncc(S(=O)(=O)Nc2ccc(C#CCN)cc2F)s1. The minimum Gasteiger partial charge on any atom is -0.320 e. The number of nitrogens with two attached hydrogens (primary N) is 1. The predicted molar refractivity (Wildman–Crippen MR) is 80.0 cm³/mol. The number of thiazole rings is 1. The lowest BCUT2D eigenvalue weighted by molar-refractivity contribution is 0.600. The Kier molecular flexibility index (Phi) is 4.57. The number of hydrogen-bond donors (Lipinski definition) is 2. The molecule has 21 heavy (non-hydrogen) atoms. The van der Waals surface area contributed by atoms with Crippen LogP contribution in [0.25, 0.3) is 0 Å². The van der Waals surface area contributed by atoms with Crippen LogP contribution in [0.2, 0.25) is 0 Å². The highest BCUT2D eigenvalue weighted by Crippen LogP contribution is 2.23. The monoisotopic (exact) mass is 325 g/mol. The molecule has 0 unspecified atom stereocenters. The number of halogens is 1. The third-order valence-electron chi connectivity index (χ3n) is 2.41. The van der Waals surface area contributed by atoms with Gasteiger partial charge in [-0.3, -0.25) is 4.72 Å². The first-order valence-electron chi connectivity index (χ1n) is 5.86. The first-order chi connectivity index (χ1) is 9.92. The van der Waals surface area contributed by atoms with Crippen molar-refractivity contribution < 1.29 is 12.8 Å². The molecule has 0 aliphatic carbocycles. The normalized spacial score (nSPS) is 10.8. The highest BCUT2D eigenvalue weighted by Gasteiger charge is 2.18. The first-order valence-corrected chi connectivity index (χ1v) is 8.16. The second-order valence-electron chi connectivity index (χ2n) is 4.00. The number of nitrogens with zero attached hydrogens (tertiary/aromatic N) is 1. The van der Waals surface area contributed by atoms with Crippen molar-refractivity contribution in [3.63, 3.8) is 0 Å². The summed E-state index contributed by atoms with van der Waals surface area (Å²) in [5.41, 5.74) is 5.52. The van der Waals surface area contributed by atoms with E-state index in [0.717, 1.165) is 17.4 Å². The van der Waals surface area contributed by atoms with Gasteiger partial charge in [0.25, 0.3) is 10.0 Å². The number of anilines is 1. The van der Waals surface area contributed by atoms with E-state index >= 15 is 0 Å². The van der Waals surface area contributed by atoms with Gasteiger partial charge in [-0.15, -0.1) is 11.3 Å². The van der Waals surface area contributed by atoms with Gasteiger partial charge in [-0.1, -0.05) is 11.8 Å². The van der Waals surface area contributed by atoms with Crippen LogP contribution in [0, 0.1) is 24.6 Å². The summed E-state index contributed by atoms with van der Waals surface area (Å²) in [6, 6.07) is 3.99. The molecule has 0 saturated carbocycles. The molecule has 0 amide bonds. The maximum Gasteiger partial charge on any atom is 0.273 e. The molecule has 1 aromatic carbocycles. The highest BCUT2D eigenvalue weighted by molar-refractivity contribution is 7.94. The predicted octanol–water partition coefficient (Wildman–Crippen LogP) is 1.70. The number of aromatic nitrogens is 1. The Hall–Kier alpha value is -1.95. The zero-order valence-corrected chi connectivity index (χ0v) is 12.7. The molecular weight excluding hydrogens is 313 g/mol. The Balaban J connectivity index is 2.27. The van der Waals surface area contributed by atoms with Crippen LogP contribution in [0.15, 0.2) is 28.6 Å². The van der Waals surface area contributed by atoms with E-state index in [0.29, 0.717) is 10.6 Å². The molecule has 0 aliphatic rings. The van der Waals surface area contributed by atoms with Gasteiger partial charge < -0.3 is 5.73 Å². The quantitative estimate of drug-likeness (QED) is 0.841. The number of sulfonamides is 1. The van der Waals surface area contributed by atoms with Crippen molar-refractivity contribution in [1.82, 2.24) is 4.98 Å². The highest BCUT2D eigenvalue weighted by atomic mass is 32.2. The molecule has 0 fully saturated rings. The van der Waals surface area contributed by atoms with E-state index in [1.54, 1.807) is 6.92 Å². The number of hydrogen-bond acceptors (Lipinski definition) is 5. The molecule has 1 aromatic heterocycles. The summed E-state index contributed by atoms with van der Waals surface area (Å²) in [6.45, 7) is 1.86. The minimum atomic E-state index is -3.83. The van der Waals surface area contributed by atoms with Crippen molar-refractivity contribution in [1.29, 1.82) is 0 Å². The fraction of sp³-hybridized carbons (Fsp3) is 0.154. The third-order valence-corrected chi connectivity index (χ3v) is 5.15. The summed E-state index contributed by atoms with van der Waals surface area (Å²) >= 11 is 1.01. The van der Waals surface area contributed by atoms with Crippen molar-refractivity contribution in [2.24, 2.45) is 5.73 Å². The molecule has 8 heteroatoms. The molecule has 0 bridgehead atoms. The molecule has 0 spiro atoms. The maximum absolute atomic E-state index is 13.9. The fourth-order valence-corrected chi connectivity index (χ4v) is 3.66. The van der Waals surface area contributed by atoms with Crippen LogP contribution >= 0.6 is 11.3 Å². The molecule has 0 radical (unpaired) electrons. The van der Waals surface area contributed by atoms with Crippen molar-refractivity contribution in [3.05, 3.63) is 40.8 Å². The van der Waals surface area contributed by atoms with E-state index in [9.17, 15) is 12.8 Å². The van der Waals surface area contributed by atoms with Crippen LogP contribution < -0.4 is 10.5 Å². The van der Waals surface area contributed by atoms with Crippen LogP contribution in [0.5, 0.6) is 0 Å². The Morgan fingerprint density at radius 2 is 2.24 bits per heavy atom. The summed E-state index contributed by atoms with van der Waals surface area (Å²) in [6.07, 6.45) is 1.24. The van der Waals surface area contributed by atoms with Gasteiger partial charge >= 0.3 is 0 Å². The van der Waals surface area contributed by atoms with Crippen LogP contribution in [-0.4, -0.2) is 19.9 Å². The topological polar surface area (TPSA) is 85.1 Å². The third kappa shape index (κ3) is 3.78. The molecule has 5 nitrogen and oxygen atoms in total. The average molecular weight is 325 g/mol. The molecule has 1 heterocycles. The lowest BCUT2D eigenvalue weighted by Gasteiger charge is -2.07. The minimum absolute atomic E-state index is 0.0337. The van der Waals surface area contributed by atoms with Crippen LogP contribution in [-0.2, 0) is 10.0 Å². The van der Waals surface area contributed by atoms with Gasteiger partial charge in [0.05, 0.1) is 23.4 Å². The van der Waals surface area contributed by atoms with Gasteiger partial charge in [-0.2, -0.15) is 0 Å². The molecule has 2 rings (SSSR count). The summed E-state index contributed by atoms with van der Waals surface area (Å²) in [5, 5.41) is 0.614. The molecule has 3 N–H and O–H groups in total. The van der Waals surface area contributed by atoms with E-state index in [2.05, 4.69) is 21.5 Å². The van der Waals surface area contributed by atoms with Crippen LogP contribution in [0.4, 0.5) is 10.1 Å². The lowest BCUT2D eigenvalue weighted by Crippen LogP contribution is -2.12. The largest absolute Gasteiger partial charge is 0.320 e.